The third kappa shape index (κ3) is 5.22. The summed E-state index contributed by atoms with van der Waals surface area (Å²) in [5, 5.41) is 2.60. The molecule has 268 valence electrons. The Morgan fingerprint density at radius 2 is 0.877 bits per heavy atom. The fraction of sp³-hybridized carbons (Fsp3) is 0.0182. The molecule has 0 bridgehead atoms. The Morgan fingerprint density at radius 3 is 1.61 bits per heavy atom. The quantitative estimate of drug-likeness (QED) is 0.157. The summed E-state index contributed by atoms with van der Waals surface area (Å²) in [6.45, 7) is 0. The van der Waals surface area contributed by atoms with Crippen LogP contribution in [0.3, 0.4) is 0 Å². The summed E-state index contributed by atoms with van der Waals surface area (Å²) in [5.74, 6) is 0. The smallest absolute Gasteiger partial charge is 0.0714 e. The second-order valence-corrected chi connectivity index (χ2v) is 15.8. The Morgan fingerprint density at radius 1 is 0.351 bits per heavy atom. The maximum Gasteiger partial charge on any atom is 0.0714 e. The van der Waals surface area contributed by atoms with Gasteiger partial charge in [-0.15, -0.1) is 11.3 Å². The molecule has 1 nitrogen and oxygen atoms in total. The Balaban J connectivity index is 1.22. The van der Waals surface area contributed by atoms with E-state index in [0.717, 1.165) is 17.1 Å². The van der Waals surface area contributed by atoms with Gasteiger partial charge >= 0.3 is 0 Å². The maximum atomic E-state index is 2.51. The van der Waals surface area contributed by atoms with Crippen molar-refractivity contribution in [2.75, 3.05) is 4.90 Å². The summed E-state index contributed by atoms with van der Waals surface area (Å²) in [7, 11) is 0. The van der Waals surface area contributed by atoms with Gasteiger partial charge < -0.3 is 4.90 Å². The van der Waals surface area contributed by atoms with Crippen molar-refractivity contribution in [3.63, 3.8) is 0 Å². The number of para-hydroxylation sites is 2. The highest BCUT2D eigenvalue weighted by Gasteiger charge is 2.46. The molecule has 0 aliphatic heterocycles. The van der Waals surface area contributed by atoms with Crippen LogP contribution in [0.15, 0.2) is 224 Å². The molecule has 9 aromatic carbocycles. The zero-order chi connectivity index (χ0) is 37.8. The van der Waals surface area contributed by atoms with Gasteiger partial charge in [-0.1, -0.05) is 194 Å². The molecule has 0 atom stereocenters. The first kappa shape index (κ1) is 33.3. The molecule has 11 rings (SSSR count). The van der Waals surface area contributed by atoms with Crippen LogP contribution >= 0.6 is 11.3 Å². The first-order valence-corrected chi connectivity index (χ1v) is 20.4. The SMILES string of the molecule is c1ccc(-c2ccccc2N(c2ccc3c(c2)C(c2ccccc2)(c2ccccc2)c2ccccc2-3)c2ccccc2-c2cccc3c2sc2ccccc23)cc1. The fourth-order valence-corrected chi connectivity index (χ4v) is 10.6. The number of hydrogen-bond acceptors (Lipinski definition) is 2. The van der Waals surface area contributed by atoms with Crippen molar-refractivity contribution in [2.24, 2.45) is 0 Å². The highest BCUT2D eigenvalue weighted by molar-refractivity contribution is 7.26. The van der Waals surface area contributed by atoms with Crippen molar-refractivity contribution < 1.29 is 0 Å². The monoisotopic (exact) mass is 743 g/mol. The van der Waals surface area contributed by atoms with Gasteiger partial charge in [0, 0.05) is 42.6 Å². The molecule has 10 aromatic rings. The number of fused-ring (bicyclic) bond motifs is 6. The van der Waals surface area contributed by atoms with Crippen LogP contribution in [0.5, 0.6) is 0 Å². The molecule has 1 aliphatic carbocycles. The number of rotatable bonds is 7. The standard InChI is InChI=1S/C55H37NS/c1-4-19-38(20-5-1)42-25-11-15-32-51(42)56(52-33-16-12-27-45(52)47-29-18-30-48-46-28-13-17-34-53(46)57-54(47)48)41-35-36-44-43-26-10-14-31-49(43)55(50(44)37-41,39-21-6-2-7-22-39)40-23-8-3-9-24-40/h1-37H. The van der Waals surface area contributed by atoms with E-state index in [4.69, 9.17) is 0 Å². The zero-order valence-corrected chi connectivity index (χ0v) is 32.0. The Kier molecular flexibility index (Phi) is 7.98. The van der Waals surface area contributed by atoms with Crippen LogP contribution in [0, 0.1) is 0 Å². The van der Waals surface area contributed by atoms with E-state index in [1.54, 1.807) is 0 Å². The average Bonchev–Trinajstić information content (AvgIpc) is 3.82. The normalized spacial score (nSPS) is 12.7. The molecule has 1 heterocycles. The minimum absolute atomic E-state index is 0.517. The molecule has 0 unspecified atom stereocenters. The van der Waals surface area contributed by atoms with E-state index in [1.807, 2.05) is 11.3 Å². The van der Waals surface area contributed by atoms with E-state index < -0.39 is 5.41 Å². The first-order chi connectivity index (χ1) is 28.3. The Bertz CT molecular complexity index is 3030. The molecule has 1 aromatic heterocycles. The van der Waals surface area contributed by atoms with E-state index in [0.29, 0.717) is 0 Å². The summed E-state index contributed by atoms with van der Waals surface area (Å²) in [6, 6.07) is 82.5. The molecule has 0 spiro atoms. The molecule has 0 fully saturated rings. The topological polar surface area (TPSA) is 3.24 Å². The van der Waals surface area contributed by atoms with Crippen LogP contribution in [0.1, 0.15) is 22.3 Å². The van der Waals surface area contributed by atoms with Crippen molar-refractivity contribution in [3.8, 4) is 33.4 Å². The molecule has 0 saturated heterocycles. The molecule has 0 N–H and O–H groups in total. The lowest BCUT2D eigenvalue weighted by atomic mass is 9.67. The van der Waals surface area contributed by atoms with Gasteiger partial charge in [-0.2, -0.15) is 0 Å². The summed E-state index contributed by atoms with van der Waals surface area (Å²) in [6.07, 6.45) is 0. The van der Waals surface area contributed by atoms with Crippen molar-refractivity contribution in [1.82, 2.24) is 0 Å². The molecule has 2 heteroatoms. The largest absolute Gasteiger partial charge is 0.309 e. The molecule has 1 aliphatic rings. The van der Waals surface area contributed by atoms with E-state index in [-0.39, 0.29) is 0 Å². The lowest BCUT2D eigenvalue weighted by Gasteiger charge is -2.35. The molecule has 0 saturated carbocycles. The van der Waals surface area contributed by atoms with Crippen LogP contribution in [0.2, 0.25) is 0 Å². The predicted octanol–water partition coefficient (Wildman–Crippen LogP) is 15.2. The van der Waals surface area contributed by atoms with Gasteiger partial charge in [-0.05, 0) is 69.3 Å². The van der Waals surface area contributed by atoms with E-state index in [2.05, 4.69) is 229 Å². The van der Waals surface area contributed by atoms with Gasteiger partial charge in [0.05, 0.1) is 16.8 Å². The number of anilines is 3. The van der Waals surface area contributed by atoms with Gasteiger partial charge in [-0.3, -0.25) is 0 Å². The maximum absolute atomic E-state index is 2.51. The number of thiophene rings is 1. The third-order valence-corrected chi connectivity index (χ3v) is 13.0. The van der Waals surface area contributed by atoms with Gasteiger partial charge in [0.25, 0.3) is 0 Å². The van der Waals surface area contributed by atoms with Crippen molar-refractivity contribution in [1.29, 1.82) is 0 Å². The van der Waals surface area contributed by atoms with E-state index in [9.17, 15) is 0 Å². The van der Waals surface area contributed by atoms with Crippen LogP contribution < -0.4 is 4.90 Å². The summed E-state index contributed by atoms with van der Waals surface area (Å²) in [4.78, 5) is 2.51. The van der Waals surface area contributed by atoms with E-state index in [1.165, 1.54) is 75.8 Å². The second-order valence-electron chi connectivity index (χ2n) is 14.8. The third-order valence-electron chi connectivity index (χ3n) is 11.8. The first-order valence-electron chi connectivity index (χ1n) is 19.6. The zero-order valence-electron chi connectivity index (χ0n) is 31.2. The van der Waals surface area contributed by atoms with Crippen LogP contribution in [-0.2, 0) is 5.41 Å². The second kappa shape index (κ2) is 13.6. The number of benzene rings is 9. The molecular weight excluding hydrogens is 707 g/mol. The van der Waals surface area contributed by atoms with Crippen molar-refractivity contribution in [3.05, 3.63) is 247 Å². The van der Waals surface area contributed by atoms with Crippen LogP contribution in [0.4, 0.5) is 17.1 Å². The minimum atomic E-state index is -0.517. The van der Waals surface area contributed by atoms with Crippen LogP contribution in [-0.4, -0.2) is 0 Å². The van der Waals surface area contributed by atoms with Gasteiger partial charge in [0.1, 0.15) is 0 Å². The number of nitrogens with zero attached hydrogens (tertiary/aromatic N) is 1. The predicted molar refractivity (Wildman–Crippen MR) is 242 cm³/mol. The molecule has 0 radical (unpaired) electrons. The number of hydrogen-bond donors (Lipinski definition) is 0. The molecule has 0 amide bonds. The fourth-order valence-electron chi connectivity index (χ4n) is 9.37. The highest BCUT2D eigenvalue weighted by atomic mass is 32.1. The summed E-state index contributed by atoms with van der Waals surface area (Å²) < 4.78 is 2.61. The highest BCUT2D eigenvalue weighted by Crippen LogP contribution is 2.58. The van der Waals surface area contributed by atoms with Gasteiger partial charge in [0.15, 0.2) is 0 Å². The van der Waals surface area contributed by atoms with Crippen LogP contribution in [0.25, 0.3) is 53.6 Å². The average molecular weight is 744 g/mol. The van der Waals surface area contributed by atoms with Crippen molar-refractivity contribution >= 4 is 48.6 Å². The molecule has 57 heavy (non-hydrogen) atoms. The van der Waals surface area contributed by atoms with E-state index >= 15 is 0 Å². The summed E-state index contributed by atoms with van der Waals surface area (Å²) in [5.41, 5.74) is 15.3. The lowest BCUT2D eigenvalue weighted by molar-refractivity contribution is 0.768. The lowest BCUT2D eigenvalue weighted by Crippen LogP contribution is -2.28. The van der Waals surface area contributed by atoms with Gasteiger partial charge in [-0.25, -0.2) is 0 Å². The van der Waals surface area contributed by atoms with Crippen molar-refractivity contribution in [2.45, 2.75) is 5.41 Å². The molecular formula is C55H37NS. The minimum Gasteiger partial charge on any atom is -0.309 e. The Labute approximate surface area is 337 Å². The summed E-state index contributed by atoms with van der Waals surface area (Å²) >= 11 is 1.88. The Hall–Kier alpha value is -7.00. The van der Waals surface area contributed by atoms with Gasteiger partial charge in [0.2, 0.25) is 0 Å².